The molecule has 0 saturated carbocycles. The highest BCUT2D eigenvalue weighted by Gasteiger charge is 2.12. The molecule has 1 atom stereocenters. The van der Waals surface area contributed by atoms with Crippen molar-refractivity contribution in [3.63, 3.8) is 0 Å². The molecule has 3 N–H and O–H groups in total. The van der Waals surface area contributed by atoms with Gasteiger partial charge in [0.1, 0.15) is 6.33 Å². The fourth-order valence-electron chi connectivity index (χ4n) is 1.32. The van der Waals surface area contributed by atoms with Crippen LogP contribution in [0.15, 0.2) is 6.33 Å². The van der Waals surface area contributed by atoms with Gasteiger partial charge in [0.05, 0.1) is 19.8 Å². The quantitative estimate of drug-likeness (QED) is 0.702. The highest BCUT2D eigenvalue weighted by atomic mass is 16.5. The van der Waals surface area contributed by atoms with Crippen molar-refractivity contribution in [2.45, 2.75) is 6.10 Å². The number of nitrogens with one attached hydrogen (secondary N) is 1. The third-order valence-corrected chi connectivity index (χ3v) is 2.22. The van der Waals surface area contributed by atoms with Gasteiger partial charge >= 0.3 is 0 Å². The Balaban J connectivity index is 2.65. The summed E-state index contributed by atoms with van der Waals surface area (Å²) < 4.78 is 15.3. The predicted octanol–water partition coefficient (Wildman–Crippen LogP) is 0.141. The van der Waals surface area contributed by atoms with E-state index in [1.165, 1.54) is 13.4 Å². The number of methoxy groups -OCH3 is 3. The highest BCUT2D eigenvalue weighted by molar-refractivity contribution is 5.61. The average Bonchev–Trinajstić information content (AvgIpc) is 2.34. The number of hydrogen-bond acceptors (Lipinski definition) is 7. The SMILES string of the molecule is COCC(CNc1ncnc(N)c1OC)OC. The second kappa shape index (κ2) is 6.87. The molecule has 1 aromatic heterocycles. The number of ether oxygens (including phenoxy) is 3. The Bertz CT molecular complexity index is 348. The van der Waals surface area contributed by atoms with Gasteiger partial charge in [0.15, 0.2) is 11.6 Å². The molecule has 0 bridgehead atoms. The lowest BCUT2D eigenvalue weighted by atomic mass is 10.3. The third-order valence-electron chi connectivity index (χ3n) is 2.22. The number of anilines is 2. The van der Waals surface area contributed by atoms with Crippen LogP contribution in [0.3, 0.4) is 0 Å². The van der Waals surface area contributed by atoms with Crippen LogP contribution >= 0.6 is 0 Å². The van der Waals surface area contributed by atoms with Crippen LogP contribution in [-0.4, -0.2) is 50.6 Å². The Morgan fingerprint density at radius 1 is 1.35 bits per heavy atom. The molecule has 7 nitrogen and oxygen atoms in total. The van der Waals surface area contributed by atoms with Gasteiger partial charge in [-0.15, -0.1) is 0 Å². The average molecular weight is 242 g/mol. The van der Waals surface area contributed by atoms with Gasteiger partial charge in [0.2, 0.25) is 5.75 Å². The van der Waals surface area contributed by atoms with Crippen molar-refractivity contribution >= 4 is 11.6 Å². The summed E-state index contributed by atoms with van der Waals surface area (Å²) in [5.41, 5.74) is 5.66. The molecule has 96 valence electrons. The molecule has 1 aromatic rings. The summed E-state index contributed by atoms with van der Waals surface area (Å²) in [4.78, 5) is 7.89. The second-order valence-electron chi connectivity index (χ2n) is 3.33. The summed E-state index contributed by atoms with van der Waals surface area (Å²) in [7, 11) is 4.76. The molecule has 0 radical (unpaired) electrons. The van der Waals surface area contributed by atoms with E-state index in [2.05, 4.69) is 15.3 Å². The molecule has 0 aliphatic heterocycles. The number of aromatic nitrogens is 2. The van der Waals surface area contributed by atoms with Gasteiger partial charge in [-0.25, -0.2) is 9.97 Å². The maximum absolute atomic E-state index is 5.66. The maximum atomic E-state index is 5.66. The molecule has 7 heteroatoms. The van der Waals surface area contributed by atoms with E-state index in [1.54, 1.807) is 14.2 Å². The zero-order chi connectivity index (χ0) is 12.7. The molecule has 0 aliphatic carbocycles. The zero-order valence-corrected chi connectivity index (χ0v) is 10.3. The Hall–Kier alpha value is -1.60. The smallest absolute Gasteiger partial charge is 0.203 e. The molecule has 1 unspecified atom stereocenters. The van der Waals surface area contributed by atoms with Crippen LogP contribution in [0.25, 0.3) is 0 Å². The summed E-state index contributed by atoms with van der Waals surface area (Å²) in [6.07, 6.45) is 1.30. The highest BCUT2D eigenvalue weighted by Crippen LogP contribution is 2.25. The van der Waals surface area contributed by atoms with E-state index < -0.39 is 0 Å². The first kappa shape index (κ1) is 13.5. The van der Waals surface area contributed by atoms with E-state index in [0.29, 0.717) is 30.5 Å². The van der Waals surface area contributed by atoms with Crippen molar-refractivity contribution in [1.82, 2.24) is 9.97 Å². The topological polar surface area (TPSA) is 91.5 Å². The molecule has 0 aromatic carbocycles. The third kappa shape index (κ3) is 3.72. The van der Waals surface area contributed by atoms with E-state index >= 15 is 0 Å². The number of nitrogens with zero attached hydrogens (tertiary/aromatic N) is 2. The van der Waals surface area contributed by atoms with E-state index in [4.69, 9.17) is 19.9 Å². The molecule has 1 rings (SSSR count). The van der Waals surface area contributed by atoms with Crippen LogP contribution in [0.1, 0.15) is 0 Å². The Labute approximate surface area is 100 Å². The lowest BCUT2D eigenvalue weighted by Gasteiger charge is -2.16. The van der Waals surface area contributed by atoms with Gasteiger partial charge in [-0.1, -0.05) is 0 Å². The van der Waals surface area contributed by atoms with Crippen molar-refractivity contribution in [1.29, 1.82) is 0 Å². The van der Waals surface area contributed by atoms with Gasteiger partial charge in [0, 0.05) is 20.8 Å². The molecule has 1 heterocycles. The van der Waals surface area contributed by atoms with Crippen molar-refractivity contribution < 1.29 is 14.2 Å². The monoisotopic (exact) mass is 242 g/mol. The molecular weight excluding hydrogens is 224 g/mol. The van der Waals surface area contributed by atoms with Crippen molar-refractivity contribution in [2.75, 3.05) is 45.5 Å². The molecule has 0 aliphatic rings. The largest absolute Gasteiger partial charge is 0.490 e. The van der Waals surface area contributed by atoms with E-state index in [9.17, 15) is 0 Å². The maximum Gasteiger partial charge on any atom is 0.203 e. The Kier molecular flexibility index (Phi) is 5.44. The lowest BCUT2D eigenvalue weighted by molar-refractivity contribution is 0.0365. The molecule has 0 saturated heterocycles. The lowest BCUT2D eigenvalue weighted by Crippen LogP contribution is -2.27. The van der Waals surface area contributed by atoms with Gasteiger partial charge in [-0.3, -0.25) is 0 Å². The molecule has 17 heavy (non-hydrogen) atoms. The summed E-state index contributed by atoms with van der Waals surface area (Å²) >= 11 is 0. The first-order valence-corrected chi connectivity index (χ1v) is 5.13. The number of nitrogen functional groups attached to an aromatic ring is 1. The van der Waals surface area contributed by atoms with Crippen LogP contribution in [0, 0.1) is 0 Å². The molecule has 0 amide bonds. The standard InChI is InChI=1S/C10H18N4O3/c1-15-5-7(16-2)4-12-10-8(17-3)9(11)13-6-14-10/h6-7H,4-5H2,1-3H3,(H3,11,12,13,14). The van der Waals surface area contributed by atoms with Gasteiger partial charge in [-0.05, 0) is 0 Å². The molecule has 0 fully saturated rings. The molecular formula is C10H18N4O3. The fourth-order valence-corrected chi connectivity index (χ4v) is 1.32. The van der Waals surface area contributed by atoms with Crippen LogP contribution in [0.4, 0.5) is 11.6 Å². The van der Waals surface area contributed by atoms with E-state index in [-0.39, 0.29) is 6.10 Å². The van der Waals surface area contributed by atoms with Crippen molar-refractivity contribution in [2.24, 2.45) is 0 Å². The number of hydrogen-bond donors (Lipinski definition) is 2. The van der Waals surface area contributed by atoms with Crippen LogP contribution in [0.2, 0.25) is 0 Å². The minimum Gasteiger partial charge on any atom is -0.490 e. The number of nitrogens with two attached hydrogens (primary N) is 1. The second-order valence-corrected chi connectivity index (χ2v) is 3.33. The molecule has 0 spiro atoms. The zero-order valence-electron chi connectivity index (χ0n) is 10.3. The van der Waals surface area contributed by atoms with Gasteiger partial charge < -0.3 is 25.3 Å². The van der Waals surface area contributed by atoms with Crippen molar-refractivity contribution in [3.8, 4) is 5.75 Å². The minimum absolute atomic E-state index is 0.0686. The summed E-state index contributed by atoms with van der Waals surface area (Å²) in [5.74, 6) is 1.27. The van der Waals surface area contributed by atoms with Gasteiger partial charge in [0.25, 0.3) is 0 Å². The van der Waals surface area contributed by atoms with Gasteiger partial charge in [-0.2, -0.15) is 0 Å². The van der Waals surface area contributed by atoms with Crippen LogP contribution in [0.5, 0.6) is 5.75 Å². The summed E-state index contributed by atoms with van der Waals surface area (Å²) in [6, 6.07) is 0. The predicted molar refractivity (Wildman–Crippen MR) is 64.2 cm³/mol. The summed E-state index contributed by atoms with van der Waals surface area (Å²) in [6.45, 7) is 1.03. The Morgan fingerprint density at radius 2 is 2.12 bits per heavy atom. The minimum atomic E-state index is -0.0686. The van der Waals surface area contributed by atoms with Crippen LogP contribution in [-0.2, 0) is 9.47 Å². The number of rotatable bonds is 7. The van der Waals surface area contributed by atoms with E-state index in [0.717, 1.165) is 0 Å². The normalized spacial score (nSPS) is 12.2. The first-order chi connectivity index (χ1) is 8.22. The summed E-state index contributed by atoms with van der Waals surface area (Å²) in [5, 5.41) is 3.08. The van der Waals surface area contributed by atoms with Crippen molar-refractivity contribution in [3.05, 3.63) is 6.33 Å². The Morgan fingerprint density at radius 3 is 2.71 bits per heavy atom. The van der Waals surface area contributed by atoms with Crippen LogP contribution < -0.4 is 15.8 Å². The van der Waals surface area contributed by atoms with E-state index in [1.807, 2.05) is 0 Å². The fraction of sp³-hybridized carbons (Fsp3) is 0.600. The first-order valence-electron chi connectivity index (χ1n) is 5.13.